The molecule has 29 heavy (non-hydrogen) atoms. The van der Waals surface area contributed by atoms with Gasteiger partial charge in [-0.3, -0.25) is 14.3 Å². The minimum Gasteiger partial charge on any atom is -0.497 e. The third-order valence-corrected chi connectivity index (χ3v) is 4.08. The zero-order valence-corrected chi connectivity index (χ0v) is 16.3. The van der Waals surface area contributed by atoms with Crippen molar-refractivity contribution in [2.75, 3.05) is 19.5 Å². The number of rotatable bonds is 8. The highest BCUT2D eigenvalue weighted by Crippen LogP contribution is 2.25. The Morgan fingerprint density at radius 2 is 2.03 bits per heavy atom. The Hall–Kier alpha value is -3.81. The molecule has 1 amide bonds. The lowest BCUT2D eigenvalue weighted by Gasteiger charge is -2.07. The summed E-state index contributed by atoms with van der Waals surface area (Å²) in [4.78, 5) is 23.5. The summed E-state index contributed by atoms with van der Waals surface area (Å²) < 4.78 is 17.5. The van der Waals surface area contributed by atoms with Gasteiger partial charge >= 0.3 is 0 Å². The molecule has 8 heteroatoms. The zero-order valence-electron chi connectivity index (χ0n) is 16.3. The van der Waals surface area contributed by atoms with Gasteiger partial charge in [0.05, 0.1) is 32.6 Å². The molecule has 2 heterocycles. The fourth-order valence-electron chi connectivity index (χ4n) is 2.63. The summed E-state index contributed by atoms with van der Waals surface area (Å²) in [5, 5.41) is 6.92. The van der Waals surface area contributed by atoms with Crippen LogP contribution in [0, 0.1) is 0 Å². The van der Waals surface area contributed by atoms with Crippen LogP contribution in [0.2, 0.25) is 0 Å². The number of aromatic nitrogens is 2. The smallest absolute Gasteiger partial charge is 0.248 e. The number of Topliss-reactive ketones (excluding diaryl/α,β-unsaturated/α-hetero) is 1. The third kappa shape index (κ3) is 5.13. The fourth-order valence-corrected chi connectivity index (χ4v) is 2.63. The number of benzene rings is 1. The number of anilines is 1. The van der Waals surface area contributed by atoms with E-state index < -0.39 is 0 Å². The number of ether oxygens (including phenoxy) is 2. The van der Waals surface area contributed by atoms with Crippen molar-refractivity contribution in [3.8, 4) is 11.5 Å². The maximum atomic E-state index is 12.2. The SMILES string of the molecule is COc1ccc(/C=C/C(=O)Nc2cnn(Cc3ccc(C(C)=O)o3)c2)c(OC)c1. The van der Waals surface area contributed by atoms with E-state index in [1.165, 1.54) is 19.2 Å². The van der Waals surface area contributed by atoms with Gasteiger partial charge in [-0.1, -0.05) is 0 Å². The van der Waals surface area contributed by atoms with Crippen LogP contribution in [0.15, 0.2) is 53.2 Å². The van der Waals surface area contributed by atoms with E-state index in [1.54, 1.807) is 61.5 Å². The van der Waals surface area contributed by atoms with Crippen molar-refractivity contribution < 1.29 is 23.5 Å². The lowest BCUT2D eigenvalue weighted by atomic mass is 10.1. The maximum Gasteiger partial charge on any atom is 0.248 e. The molecule has 3 rings (SSSR count). The van der Waals surface area contributed by atoms with Gasteiger partial charge in [0.2, 0.25) is 5.91 Å². The summed E-state index contributed by atoms with van der Waals surface area (Å²) in [6, 6.07) is 8.69. The van der Waals surface area contributed by atoms with Gasteiger partial charge in [0.25, 0.3) is 0 Å². The molecule has 0 spiro atoms. The molecule has 0 bridgehead atoms. The highest BCUT2D eigenvalue weighted by atomic mass is 16.5. The first kappa shape index (κ1) is 19.9. The molecule has 0 aliphatic rings. The van der Waals surface area contributed by atoms with E-state index in [0.717, 1.165) is 5.56 Å². The predicted octanol–water partition coefficient (Wildman–Crippen LogP) is 3.40. The van der Waals surface area contributed by atoms with Crippen LogP contribution in [0.5, 0.6) is 11.5 Å². The number of methoxy groups -OCH3 is 2. The minimum absolute atomic E-state index is 0.134. The van der Waals surface area contributed by atoms with Gasteiger partial charge in [0.15, 0.2) is 11.5 Å². The molecule has 8 nitrogen and oxygen atoms in total. The van der Waals surface area contributed by atoms with Crippen molar-refractivity contribution in [1.82, 2.24) is 9.78 Å². The molecule has 0 atom stereocenters. The van der Waals surface area contributed by atoms with Crippen LogP contribution >= 0.6 is 0 Å². The Kier molecular flexibility index (Phi) is 6.13. The van der Waals surface area contributed by atoms with Crippen LogP contribution < -0.4 is 14.8 Å². The molecule has 0 radical (unpaired) electrons. The van der Waals surface area contributed by atoms with Gasteiger partial charge in [-0.2, -0.15) is 5.10 Å². The molecular weight excluding hydrogens is 374 g/mol. The molecule has 150 valence electrons. The van der Waals surface area contributed by atoms with Crippen LogP contribution in [-0.4, -0.2) is 35.7 Å². The lowest BCUT2D eigenvalue weighted by molar-refractivity contribution is -0.111. The van der Waals surface area contributed by atoms with E-state index >= 15 is 0 Å². The van der Waals surface area contributed by atoms with Crippen LogP contribution in [0.25, 0.3) is 6.08 Å². The van der Waals surface area contributed by atoms with E-state index in [1.807, 2.05) is 0 Å². The summed E-state index contributed by atoms with van der Waals surface area (Å²) in [5.74, 6) is 1.74. The van der Waals surface area contributed by atoms with E-state index in [0.29, 0.717) is 35.3 Å². The number of amides is 1. The topological polar surface area (TPSA) is 95.6 Å². The van der Waals surface area contributed by atoms with Gasteiger partial charge in [0.1, 0.15) is 17.3 Å². The number of carbonyl (C=O) groups is 2. The largest absolute Gasteiger partial charge is 0.497 e. The maximum absolute atomic E-state index is 12.2. The predicted molar refractivity (Wildman–Crippen MR) is 107 cm³/mol. The molecule has 0 saturated heterocycles. The third-order valence-electron chi connectivity index (χ3n) is 4.08. The Bertz CT molecular complexity index is 1050. The number of furan rings is 1. The fraction of sp³-hybridized carbons (Fsp3) is 0.190. The highest BCUT2D eigenvalue weighted by Gasteiger charge is 2.08. The van der Waals surface area contributed by atoms with Gasteiger partial charge in [-0.15, -0.1) is 0 Å². The molecule has 0 saturated carbocycles. The molecule has 2 aromatic heterocycles. The Morgan fingerprint density at radius 1 is 1.21 bits per heavy atom. The summed E-state index contributed by atoms with van der Waals surface area (Å²) in [6.45, 7) is 1.79. The number of nitrogens with zero attached hydrogens (tertiary/aromatic N) is 2. The second kappa shape index (κ2) is 8.92. The van der Waals surface area contributed by atoms with Crippen molar-refractivity contribution in [3.05, 3.63) is 65.9 Å². The summed E-state index contributed by atoms with van der Waals surface area (Å²) >= 11 is 0. The Morgan fingerprint density at radius 3 is 2.72 bits per heavy atom. The first-order valence-electron chi connectivity index (χ1n) is 8.81. The molecular formula is C21H21N3O5. The zero-order chi connectivity index (χ0) is 20.8. The van der Waals surface area contributed by atoms with Gasteiger partial charge in [-0.25, -0.2) is 0 Å². The Balaban J connectivity index is 1.61. The summed E-state index contributed by atoms with van der Waals surface area (Å²) in [7, 11) is 3.13. The molecule has 1 N–H and O–H groups in total. The van der Waals surface area contributed by atoms with Gasteiger partial charge < -0.3 is 19.2 Å². The molecule has 0 fully saturated rings. The number of ketones is 1. The average molecular weight is 395 g/mol. The lowest BCUT2D eigenvalue weighted by Crippen LogP contribution is -2.07. The summed E-state index contributed by atoms with van der Waals surface area (Å²) in [5.41, 5.74) is 1.29. The number of hydrogen-bond acceptors (Lipinski definition) is 6. The molecule has 0 aliphatic carbocycles. The minimum atomic E-state index is -0.306. The van der Waals surface area contributed by atoms with Crippen LogP contribution in [-0.2, 0) is 11.3 Å². The van der Waals surface area contributed by atoms with Crippen molar-refractivity contribution in [1.29, 1.82) is 0 Å². The van der Waals surface area contributed by atoms with Gasteiger partial charge in [0, 0.05) is 30.8 Å². The Labute approximate surface area is 167 Å². The van der Waals surface area contributed by atoms with Crippen LogP contribution in [0.3, 0.4) is 0 Å². The number of carbonyl (C=O) groups excluding carboxylic acids is 2. The first-order chi connectivity index (χ1) is 14.0. The van der Waals surface area contributed by atoms with Crippen LogP contribution in [0.1, 0.15) is 28.8 Å². The normalized spacial score (nSPS) is 10.9. The highest BCUT2D eigenvalue weighted by molar-refractivity contribution is 6.02. The summed E-state index contributed by atoms with van der Waals surface area (Å²) in [6.07, 6.45) is 6.28. The van der Waals surface area contributed by atoms with Crippen LogP contribution in [0.4, 0.5) is 5.69 Å². The van der Waals surface area contributed by atoms with Gasteiger partial charge in [-0.05, 0) is 30.3 Å². The molecule has 3 aromatic rings. The number of hydrogen-bond donors (Lipinski definition) is 1. The average Bonchev–Trinajstić information content (AvgIpc) is 3.36. The molecule has 1 aromatic carbocycles. The second-order valence-electron chi connectivity index (χ2n) is 6.18. The van der Waals surface area contributed by atoms with Crippen molar-refractivity contribution in [2.24, 2.45) is 0 Å². The van der Waals surface area contributed by atoms with E-state index in [4.69, 9.17) is 13.9 Å². The number of nitrogens with one attached hydrogen (secondary N) is 1. The molecule has 0 unspecified atom stereocenters. The monoisotopic (exact) mass is 395 g/mol. The van der Waals surface area contributed by atoms with Crippen molar-refractivity contribution in [2.45, 2.75) is 13.5 Å². The van der Waals surface area contributed by atoms with E-state index in [-0.39, 0.29) is 11.7 Å². The van der Waals surface area contributed by atoms with Crippen molar-refractivity contribution >= 4 is 23.5 Å². The van der Waals surface area contributed by atoms with E-state index in [2.05, 4.69) is 10.4 Å². The van der Waals surface area contributed by atoms with Crippen molar-refractivity contribution in [3.63, 3.8) is 0 Å². The first-order valence-corrected chi connectivity index (χ1v) is 8.81. The van der Waals surface area contributed by atoms with E-state index in [9.17, 15) is 9.59 Å². The standard InChI is InChI=1S/C21H21N3O5/c1-14(25)19-8-7-18(29-19)13-24-12-16(11-22-24)23-21(26)9-5-15-4-6-17(27-2)10-20(15)28-3/h4-12H,13H2,1-3H3,(H,23,26)/b9-5+. The molecule has 0 aliphatic heterocycles. The quantitative estimate of drug-likeness (QED) is 0.464. The second-order valence-corrected chi connectivity index (χ2v) is 6.18.